The molecule has 0 aliphatic heterocycles. The van der Waals surface area contributed by atoms with Crippen molar-refractivity contribution >= 4 is 15.9 Å². The monoisotopic (exact) mass is 353 g/mol. The smallest absolute Gasteiger partial charge is 0.120 e. The first kappa shape index (κ1) is 16.8. The molecule has 0 saturated heterocycles. The maximum atomic E-state index is 5.93. The van der Waals surface area contributed by atoms with E-state index in [2.05, 4.69) is 28.2 Å². The quantitative estimate of drug-likeness (QED) is 0.683. The first-order valence-corrected chi connectivity index (χ1v) is 9.20. The third kappa shape index (κ3) is 5.99. The van der Waals surface area contributed by atoms with Crippen LogP contribution in [-0.4, -0.2) is 19.2 Å². The fraction of sp³-hybridized carbons (Fsp3) is 0.667. The summed E-state index contributed by atoms with van der Waals surface area (Å²) in [6, 6.07) is 8.82. The van der Waals surface area contributed by atoms with E-state index in [0.717, 1.165) is 35.7 Å². The number of hydrogen-bond donors (Lipinski definition) is 1. The van der Waals surface area contributed by atoms with Gasteiger partial charge in [-0.1, -0.05) is 48.2 Å². The summed E-state index contributed by atoms with van der Waals surface area (Å²) in [4.78, 5) is 0. The van der Waals surface area contributed by atoms with Gasteiger partial charge >= 0.3 is 0 Å². The average molecular weight is 354 g/mol. The first-order valence-electron chi connectivity index (χ1n) is 8.41. The second kappa shape index (κ2) is 9.47. The van der Waals surface area contributed by atoms with Crippen LogP contribution in [0.4, 0.5) is 0 Å². The van der Waals surface area contributed by atoms with E-state index < -0.39 is 0 Å². The van der Waals surface area contributed by atoms with E-state index in [0.29, 0.717) is 6.04 Å². The minimum Gasteiger partial charge on any atom is -0.494 e. The molecule has 0 amide bonds. The van der Waals surface area contributed by atoms with Crippen LogP contribution in [-0.2, 0) is 0 Å². The number of rotatable bonds is 7. The molecule has 1 aliphatic rings. The third-order valence-corrected chi connectivity index (χ3v) is 4.86. The summed E-state index contributed by atoms with van der Waals surface area (Å²) in [6.07, 6.45) is 9.22. The van der Waals surface area contributed by atoms with Gasteiger partial charge in [-0.3, -0.25) is 0 Å². The van der Waals surface area contributed by atoms with Gasteiger partial charge in [0, 0.05) is 10.5 Å². The molecule has 0 radical (unpaired) electrons. The SMILES string of the molecule is CCCNC1CCCCCC1CCOc1cccc(Br)c1. The van der Waals surface area contributed by atoms with Crippen molar-refractivity contribution in [2.45, 2.75) is 57.9 Å². The Kier molecular flexibility index (Phi) is 7.59. The van der Waals surface area contributed by atoms with Crippen molar-refractivity contribution in [3.63, 3.8) is 0 Å². The van der Waals surface area contributed by atoms with Gasteiger partial charge in [0.25, 0.3) is 0 Å². The van der Waals surface area contributed by atoms with Gasteiger partial charge in [0.05, 0.1) is 6.61 Å². The Morgan fingerprint density at radius 3 is 2.90 bits per heavy atom. The molecule has 2 nitrogen and oxygen atoms in total. The second-order valence-electron chi connectivity index (χ2n) is 6.05. The maximum Gasteiger partial charge on any atom is 0.120 e. The van der Waals surface area contributed by atoms with Crippen LogP contribution in [0.5, 0.6) is 5.75 Å². The van der Waals surface area contributed by atoms with Gasteiger partial charge in [0.2, 0.25) is 0 Å². The molecule has 1 aromatic carbocycles. The van der Waals surface area contributed by atoms with Gasteiger partial charge in [-0.15, -0.1) is 0 Å². The van der Waals surface area contributed by atoms with E-state index in [-0.39, 0.29) is 0 Å². The predicted octanol–water partition coefficient (Wildman–Crippen LogP) is 5.17. The molecule has 1 N–H and O–H groups in total. The lowest BCUT2D eigenvalue weighted by atomic mass is 9.91. The zero-order chi connectivity index (χ0) is 14.9. The molecule has 3 heteroatoms. The zero-order valence-electron chi connectivity index (χ0n) is 13.1. The lowest BCUT2D eigenvalue weighted by Crippen LogP contribution is -2.36. The largest absolute Gasteiger partial charge is 0.494 e. The van der Waals surface area contributed by atoms with Crippen LogP contribution in [0, 0.1) is 5.92 Å². The number of halogens is 1. The van der Waals surface area contributed by atoms with Crippen LogP contribution in [0.15, 0.2) is 28.7 Å². The topological polar surface area (TPSA) is 21.3 Å². The summed E-state index contributed by atoms with van der Waals surface area (Å²) in [6.45, 7) is 4.22. The molecule has 0 bridgehead atoms. The fourth-order valence-electron chi connectivity index (χ4n) is 3.21. The van der Waals surface area contributed by atoms with Crippen molar-refractivity contribution in [3.8, 4) is 5.75 Å². The van der Waals surface area contributed by atoms with E-state index in [1.54, 1.807) is 0 Å². The molecule has 0 spiro atoms. The van der Waals surface area contributed by atoms with Crippen molar-refractivity contribution in [2.75, 3.05) is 13.2 Å². The van der Waals surface area contributed by atoms with Gasteiger partial charge in [-0.2, -0.15) is 0 Å². The summed E-state index contributed by atoms with van der Waals surface area (Å²) in [5, 5.41) is 3.76. The van der Waals surface area contributed by atoms with E-state index in [1.807, 2.05) is 24.3 Å². The van der Waals surface area contributed by atoms with Gasteiger partial charge in [-0.25, -0.2) is 0 Å². The number of nitrogens with one attached hydrogen (secondary N) is 1. The van der Waals surface area contributed by atoms with Crippen LogP contribution in [0.1, 0.15) is 51.9 Å². The summed E-state index contributed by atoms with van der Waals surface area (Å²) in [7, 11) is 0. The van der Waals surface area contributed by atoms with E-state index in [9.17, 15) is 0 Å². The first-order chi connectivity index (χ1) is 10.3. The molecule has 1 fully saturated rings. The molecule has 118 valence electrons. The van der Waals surface area contributed by atoms with Crippen LogP contribution >= 0.6 is 15.9 Å². The minimum atomic E-state index is 0.693. The van der Waals surface area contributed by atoms with Gasteiger partial charge < -0.3 is 10.1 Å². The highest BCUT2D eigenvalue weighted by Crippen LogP contribution is 2.27. The summed E-state index contributed by atoms with van der Waals surface area (Å²) >= 11 is 3.49. The van der Waals surface area contributed by atoms with Crippen molar-refractivity contribution in [2.24, 2.45) is 5.92 Å². The van der Waals surface area contributed by atoms with Crippen LogP contribution in [0.25, 0.3) is 0 Å². The summed E-state index contributed by atoms with van der Waals surface area (Å²) in [5.74, 6) is 1.74. The second-order valence-corrected chi connectivity index (χ2v) is 6.97. The molecule has 2 unspecified atom stereocenters. The molecule has 2 rings (SSSR count). The van der Waals surface area contributed by atoms with Gasteiger partial charge in [0.1, 0.15) is 5.75 Å². The standard InChI is InChI=1S/C18H28BrNO/c1-2-12-20-18-10-5-3-4-7-15(18)11-13-21-17-9-6-8-16(19)14-17/h6,8-9,14-15,18,20H,2-5,7,10-13H2,1H3. The highest BCUT2D eigenvalue weighted by atomic mass is 79.9. The van der Waals surface area contributed by atoms with E-state index in [4.69, 9.17) is 4.74 Å². The molecule has 1 saturated carbocycles. The summed E-state index contributed by atoms with van der Waals surface area (Å²) < 4.78 is 7.01. The maximum absolute atomic E-state index is 5.93. The molecule has 1 aliphatic carbocycles. The Bertz CT molecular complexity index is 410. The fourth-order valence-corrected chi connectivity index (χ4v) is 3.59. The van der Waals surface area contributed by atoms with Gasteiger partial charge in [-0.05, 0) is 56.3 Å². The number of ether oxygens (including phenoxy) is 1. The number of benzene rings is 1. The predicted molar refractivity (Wildman–Crippen MR) is 92.9 cm³/mol. The molecular weight excluding hydrogens is 326 g/mol. The van der Waals surface area contributed by atoms with E-state index in [1.165, 1.54) is 38.5 Å². The van der Waals surface area contributed by atoms with E-state index >= 15 is 0 Å². The van der Waals surface area contributed by atoms with Gasteiger partial charge in [0.15, 0.2) is 0 Å². The highest BCUT2D eigenvalue weighted by Gasteiger charge is 2.22. The number of hydrogen-bond acceptors (Lipinski definition) is 2. The Morgan fingerprint density at radius 2 is 2.10 bits per heavy atom. The molecule has 21 heavy (non-hydrogen) atoms. The molecule has 0 aromatic heterocycles. The van der Waals surface area contributed by atoms with Crippen molar-refractivity contribution < 1.29 is 4.74 Å². The Balaban J connectivity index is 1.80. The molecule has 1 aromatic rings. The zero-order valence-corrected chi connectivity index (χ0v) is 14.7. The van der Waals surface area contributed by atoms with Crippen molar-refractivity contribution in [3.05, 3.63) is 28.7 Å². The molecule has 0 heterocycles. The van der Waals surface area contributed by atoms with Crippen LogP contribution in [0.2, 0.25) is 0 Å². The van der Waals surface area contributed by atoms with Crippen molar-refractivity contribution in [1.82, 2.24) is 5.32 Å². The third-order valence-electron chi connectivity index (χ3n) is 4.37. The molecular formula is C18H28BrNO. The Hall–Kier alpha value is -0.540. The highest BCUT2D eigenvalue weighted by molar-refractivity contribution is 9.10. The minimum absolute atomic E-state index is 0.693. The Labute approximate surface area is 137 Å². The van der Waals surface area contributed by atoms with Crippen molar-refractivity contribution in [1.29, 1.82) is 0 Å². The lowest BCUT2D eigenvalue weighted by molar-refractivity contribution is 0.237. The summed E-state index contributed by atoms with van der Waals surface area (Å²) in [5.41, 5.74) is 0. The van der Waals surface area contributed by atoms with Crippen LogP contribution in [0.3, 0.4) is 0 Å². The van der Waals surface area contributed by atoms with Crippen LogP contribution < -0.4 is 10.1 Å². The average Bonchev–Trinajstić information content (AvgIpc) is 2.70. The normalized spacial score (nSPS) is 22.8. The lowest BCUT2D eigenvalue weighted by Gasteiger charge is -2.26. The molecule has 2 atom stereocenters. The Morgan fingerprint density at radius 1 is 1.24 bits per heavy atom.